The van der Waals surface area contributed by atoms with Crippen LogP contribution in [0.25, 0.3) is 0 Å². The van der Waals surface area contributed by atoms with E-state index in [2.05, 4.69) is 36.6 Å². The van der Waals surface area contributed by atoms with Gasteiger partial charge in [0.15, 0.2) is 0 Å². The number of benzene rings is 2. The molecule has 14 heteroatoms. The molecule has 2 aromatic rings. The molecule has 0 aliphatic heterocycles. The summed E-state index contributed by atoms with van der Waals surface area (Å²) in [6.07, 6.45) is -0.595. The number of halogens is 1. The maximum absolute atomic E-state index is 12.8. The number of hydrogen-bond acceptors (Lipinski definition) is 9. The van der Waals surface area contributed by atoms with Crippen molar-refractivity contribution in [2.24, 2.45) is 0 Å². The molecule has 2 aromatic carbocycles. The highest BCUT2D eigenvalue weighted by Gasteiger charge is 2.42. The van der Waals surface area contributed by atoms with Crippen LogP contribution in [0.3, 0.4) is 0 Å². The molecule has 0 heterocycles. The molecule has 3 amide bonds. The van der Waals surface area contributed by atoms with Crippen LogP contribution in [0.15, 0.2) is 46.9 Å². The Morgan fingerprint density at radius 3 is 2.21 bits per heavy atom. The third-order valence-corrected chi connectivity index (χ3v) is 7.67. The minimum atomic E-state index is -4.05. The van der Waals surface area contributed by atoms with E-state index in [1.54, 1.807) is 45.0 Å². The smallest absolute Gasteiger partial charge is 0.412 e. The van der Waals surface area contributed by atoms with Gasteiger partial charge in [-0.25, -0.2) is 9.59 Å². The number of nitrogens with one attached hydrogen (secondary N) is 3. The molecule has 0 aromatic heterocycles. The van der Waals surface area contributed by atoms with E-state index in [9.17, 15) is 23.7 Å². The fraction of sp³-hybridized carbons (Fsp3) is 0.360. The largest absolute Gasteiger partial charge is 0.467 e. The normalized spacial score (nSPS) is 12.2. The summed E-state index contributed by atoms with van der Waals surface area (Å²) >= 11 is 3.25. The molecular formula is C25H31BrN3O9P. The summed E-state index contributed by atoms with van der Waals surface area (Å²) in [5.74, 6) is -3.94. The second kappa shape index (κ2) is 13.7. The summed E-state index contributed by atoms with van der Waals surface area (Å²) in [7, 11) is -0.845. The number of carbonyl (C=O) groups is 4. The van der Waals surface area contributed by atoms with E-state index in [0.29, 0.717) is 5.69 Å². The Morgan fingerprint density at radius 1 is 0.974 bits per heavy atom. The number of carbonyl (C=O) groups excluding carboxylic acids is 4. The molecule has 2 rings (SSSR count). The fourth-order valence-electron chi connectivity index (χ4n) is 3.17. The molecule has 0 saturated carbocycles. The zero-order chi connectivity index (χ0) is 29.4. The molecule has 0 saturated heterocycles. The number of ether oxygens (including phenoxy) is 2. The summed E-state index contributed by atoms with van der Waals surface area (Å²) in [6, 6.07) is 11.1. The number of esters is 1. The van der Waals surface area contributed by atoms with E-state index in [0.717, 1.165) is 26.9 Å². The second-order valence-electron chi connectivity index (χ2n) is 9.01. The Bertz CT molecular complexity index is 1270. The Labute approximate surface area is 234 Å². The molecule has 0 aliphatic carbocycles. The molecule has 0 bridgehead atoms. The van der Waals surface area contributed by atoms with Crippen molar-refractivity contribution in [1.29, 1.82) is 0 Å². The Hall–Kier alpha value is -3.25. The summed E-state index contributed by atoms with van der Waals surface area (Å²) < 4.78 is 32.5. The Balaban J connectivity index is 2.08. The van der Waals surface area contributed by atoms with E-state index in [1.807, 2.05) is 0 Å². The van der Waals surface area contributed by atoms with Crippen molar-refractivity contribution in [1.82, 2.24) is 10.6 Å². The number of amides is 3. The maximum Gasteiger partial charge on any atom is 0.412 e. The third kappa shape index (κ3) is 9.17. The van der Waals surface area contributed by atoms with Crippen molar-refractivity contribution >= 4 is 53.1 Å². The molecule has 3 N–H and O–H groups in total. The van der Waals surface area contributed by atoms with E-state index >= 15 is 0 Å². The van der Waals surface area contributed by atoms with Crippen LogP contribution in [0.5, 0.6) is 0 Å². The topological polar surface area (TPSA) is 158 Å². The monoisotopic (exact) mass is 627 g/mol. The van der Waals surface area contributed by atoms with Crippen molar-refractivity contribution < 1.29 is 42.3 Å². The van der Waals surface area contributed by atoms with Gasteiger partial charge in [0.2, 0.25) is 5.78 Å². The second-order valence-corrected chi connectivity index (χ2v) is 12.2. The SMILES string of the molecule is COC(=O)C(NC(=O)c1ccc(C(=O)NCc2cccc(NC(=O)OC(C)(C)C)c2)cc1Br)P(=O)(OC)OC. The summed E-state index contributed by atoms with van der Waals surface area (Å²) in [5, 5.41) is 7.71. The molecule has 12 nitrogen and oxygen atoms in total. The number of rotatable bonds is 10. The van der Waals surface area contributed by atoms with Crippen LogP contribution < -0.4 is 16.0 Å². The molecular weight excluding hydrogens is 597 g/mol. The van der Waals surface area contributed by atoms with Crippen molar-refractivity contribution in [2.45, 2.75) is 38.7 Å². The van der Waals surface area contributed by atoms with Crippen LogP contribution in [-0.2, 0) is 34.4 Å². The van der Waals surface area contributed by atoms with E-state index < -0.39 is 42.9 Å². The molecule has 0 fully saturated rings. The van der Waals surface area contributed by atoms with Crippen LogP contribution >= 0.6 is 23.5 Å². The van der Waals surface area contributed by atoms with Crippen LogP contribution in [0, 0.1) is 0 Å². The van der Waals surface area contributed by atoms with Crippen molar-refractivity contribution in [3.8, 4) is 0 Å². The average Bonchev–Trinajstić information content (AvgIpc) is 2.88. The first-order valence-electron chi connectivity index (χ1n) is 11.5. The lowest BCUT2D eigenvalue weighted by Gasteiger charge is -2.23. The molecule has 1 unspecified atom stereocenters. The van der Waals surface area contributed by atoms with Gasteiger partial charge in [0.1, 0.15) is 5.60 Å². The van der Waals surface area contributed by atoms with Gasteiger partial charge in [0.25, 0.3) is 11.8 Å². The van der Waals surface area contributed by atoms with Gasteiger partial charge in [-0.1, -0.05) is 12.1 Å². The first kappa shape index (κ1) is 32.0. The minimum Gasteiger partial charge on any atom is -0.467 e. The lowest BCUT2D eigenvalue weighted by atomic mass is 10.1. The standard InChI is InChI=1S/C25H31BrN3O9P/c1-25(2,3)38-24(33)28-17-9-7-8-15(12-17)14-27-20(30)16-10-11-18(19(26)13-16)21(31)29-22(23(32)35-4)39(34,36-5)37-6/h7-13,22H,14H2,1-6H3,(H,27,30)(H,28,33)(H,29,31). The number of hydrogen-bond donors (Lipinski definition) is 3. The number of methoxy groups -OCH3 is 1. The summed E-state index contributed by atoms with van der Waals surface area (Å²) in [5.41, 5.74) is 0.886. The van der Waals surface area contributed by atoms with Crippen LogP contribution in [0.1, 0.15) is 47.1 Å². The van der Waals surface area contributed by atoms with E-state index in [-0.39, 0.29) is 22.1 Å². The molecule has 0 spiro atoms. The van der Waals surface area contributed by atoms with Crippen LogP contribution in [0.4, 0.5) is 10.5 Å². The van der Waals surface area contributed by atoms with Crippen LogP contribution in [0.2, 0.25) is 0 Å². The van der Waals surface area contributed by atoms with E-state index in [1.165, 1.54) is 18.2 Å². The maximum atomic E-state index is 12.8. The molecule has 0 radical (unpaired) electrons. The van der Waals surface area contributed by atoms with Gasteiger partial charge in [-0.15, -0.1) is 0 Å². The quantitative estimate of drug-likeness (QED) is 0.256. The van der Waals surface area contributed by atoms with Crippen LogP contribution in [-0.4, -0.2) is 56.6 Å². The third-order valence-electron chi connectivity index (χ3n) is 5.02. The van der Waals surface area contributed by atoms with Gasteiger partial charge >= 0.3 is 19.7 Å². The van der Waals surface area contributed by atoms with Gasteiger partial charge in [0.05, 0.1) is 12.7 Å². The Morgan fingerprint density at radius 2 is 1.64 bits per heavy atom. The van der Waals surface area contributed by atoms with Gasteiger partial charge in [0, 0.05) is 36.5 Å². The van der Waals surface area contributed by atoms with Gasteiger partial charge in [-0.05, 0) is 72.6 Å². The molecule has 1 atom stereocenters. The van der Waals surface area contributed by atoms with Gasteiger partial charge in [-0.3, -0.25) is 19.5 Å². The average molecular weight is 628 g/mol. The van der Waals surface area contributed by atoms with Crippen molar-refractivity contribution in [2.75, 3.05) is 26.6 Å². The fourth-order valence-corrected chi connectivity index (χ4v) is 4.94. The highest BCUT2D eigenvalue weighted by molar-refractivity contribution is 9.10. The minimum absolute atomic E-state index is 0.0557. The lowest BCUT2D eigenvalue weighted by molar-refractivity contribution is -0.141. The predicted molar refractivity (Wildman–Crippen MR) is 147 cm³/mol. The highest BCUT2D eigenvalue weighted by Crippen LogP contribution is 2.51. The summed E-state index contributed by atoms with van der Waals surface area (Å²) in [6.45, 7) is 5.44. The number of anilines is 1. The molecule has 212 valence electrons. The first-order chi connectivity index (χ1) is 18.2. The predicted octanol–water partition coefficient (Wildman–Crippen LogP) is 4.44. The zero-order valence-electron chi connectivity index (χ0n) is 22.3. The highest BCUT2D eigenvalue weighted by atomic mass is 79.9. The van der Waals surface area contributed by atoms with E-state index in [4.69, 9.17) is 13.8 Å². The lowest BCUT2D eigenvalue weighted by Crippen LogP contribution is -2.42. The van der Waals surface area contributed by atoms with Crippen molar-refractivity contribution in [3.05, 3.63) is 63.6 Å². The first-order valence-corrected chi connectivity index (χ1v) is 13.9. The zero-order valence-corrected chi connectivity index (χ0v) is 24.8. The van der Waals surface area contributed by atoms with Gasteiger partial charge < -0.3 is 29.2 Å². The molecule has 39 heavy (non-hydrogen) atoms. The summed E-state index contributed by atoms with van der Waals surface area (Å²) in [4.78, 5) is 49.7. The Kier molecular flexibility index (Phi) is 11.2. The van der Waals surface area contributed by atoms with Crippen molar-refractivity contribution in [3.63, 3.8) is 0 Å². The molecule has 0 aliphatic rings. The van der Waals surface area contributed by atoms with Gasteiger partial charge in [-0.2, -0.15) is 0 Å².